The average Bonchev–Trinajstić information content (AvgIpc) is 2.68. The first-order valence-corrected chi connectivity index (χ1v) is 9.11. The molecule has 0 radical (unpaired) electrons. The minimum atomic E-state index is -0.958. The maximum absolute atomic E-state index is 13.6. The van der Waals surface area contributed by atoms with Gasteiger partial charge in [0, 0.05) is 32.2 Å². The molecule has 0 unspecified atom stereocenters. The number of hydrogen-bond donors (Lipinski definition) is 1. The van der Waals surface area contributed by atoms with Gasteiger partial charge in [-0.05, 0) is 31.0 Å². The average molecular weight is 408 g/mol. The Bertz CT molecular complexity index is 793. The molecule has 1 aliphatic rings. The van der Waals surface area contributed by atoms with Crippen LogP contribution in [0.2, 0.25) is 0 Å². The number of benzene rings is 2. The molecule has 1 saturated heterocycles. The first kappa shape index (κ1) is 22.0. The maximum atomic E-state index is 13.6. The molecule has 2 N–H and O–H groups in total. The summed E-state index contributed by atoms with van der Waals surface area (Å²) in [5, 5.41) is 0. The molecule has 2 aromatic carbocycles. The first-order chi connectivity index (χ1) is 12.9. The Morgan fingerprint density at radius 1 is 1.14 bits per heavy atom. The minimum absolute atomic E-state index is 0. The molecule has 1 fully saturated rings. The van der Waals surface area contributed by atoms with E-state index < -0.39 is 5.54 Å². The summed E-state index contributed by atoms with van der Waals surface area (Å²) in [5.74, 6) is 0.267. The van der Waals surface area contributed by atoms with Gasteiger partial charge < -0.3 is 20.3 Å². The molecule has 5 nitrogen and oxygen atoms in total. The number of nitrogens with zero attached hydrogens (tertiary/aromatic N) is 2. The molecular weight excluding hydrogens is 381 g/mol. The van der Waals surface area contributed by atoms with Gasteiger partial charge in [-0.15, -0.1) is 12.4 Å². The maximum Gasteiger partial charge on any atom is 0.242 e. The van der Waals surface area contributed by atoms with Gasteiger partial charge in [-0.2, -0.15) is 0 Å². The second-order valence-corrected chi connectivity index (χ2v) is 7.18. The molecule has 1 atom stereocenters. The Balaban J connectivity index is 0.00000280. The van der Waals surface area contributed by atoms with Crippen LogP contribution in [-0.4, -0.2) is 49.6 Å². The largest absolute Gasteiger partial charge is 0.495 e. The molecule has 0 saturated carbocycles. The number of nitrogens with two attached hydrogens (primary N) is 1. The zero-order chi connectivity index (χ0) is 19.4. The van der Waals surface area contributed by atoms with Crippen LogP contribution >= 0.6 is 12.4 Å². The van der Waals surface area contributed by atoms with Crippen molar-refractivity contribution in [3.63, 3.8) is 0 Å². The zero-order valence-corrected chi connectivity index (χ0v) is 17.0. The summed E-state index contributed by atoms with van der Waals surface area (Å²) in [6.07, 6.45) is 0.491. The van der Waals surface area contributed by atoms with Crippen molar-refractivity contribution in [3.05, 3.63) is 59.9 Å². The van der Waals surface area contributed by atoms with Gasteiger partial charge in [-0.25, -0.2) is 4.39 Å². The Kier molecular flexibility index (Phi) is 7.27. The highest BCUT2D eigenvalue weighted by Gasteiger charge is 2.34. The quantitative estimate of drug-likeness (QED) is 0.828. The third-order valence-electron chi connectivity index (χ3n) is 4.95. The lowest BCUT2D eigenvalue weighted by Gasteiger charge is -2.39. The van der Waals surface area contributed by atoms with Crippen LogP contribution in [-0.2, 0) is 11.2 Å². The van der Waals surface area contributed by atoms with Crippen molar-refractivity contribution in [1.29, 1.82) is 0 Å². The van der Waals surface area contributed by atoms with E-state index >= 15 is 0 Å². The van der Waals surface area contributed by atoms with Crippen molar-refractivity contribution in [2.24, 2.45) is 5.73 Å². The van der Waals surface area contributed by atoms with Crippen molar-refractivity contribution < 1.29 is 13.9 Å². The van der Waals surface area contributed by atoms with Gasteiger partial charge in [0.1, 0.15) is 11.6 Å². The Morgan fingerprint density at radius 2 is 1.79 bits per heavy atom. The molecule has 2 aromatic rings. The fourth-order valence-corrected chi connectivity index (χ4v) is 3.52. The van der Waals surface area contributed by atoms with E-state index in [9.17, 15) is 9.18 Å². The van der Waals surface area contributed by atoms with Crippen molar-refractivity contribution in [2.45, 2.75) is 18.9 Å². The molecule has 1 amide bonds. The van der Waals surface area contributed by atoms with Crippen molar-refractivity contribution in [2.75, 3.05) is 38.2 Å². The summed E-state index contributed by atoms with van der Waals surface area (Å²) in [5.41, 5.74) is 7.15. The molecule has 0 spiro atoms. The summed E-state index contributed by atoms with van der Waals surface area (Å²) < 4.78 is 19.0. The van der Waals surface area contributed by atoms with E-state index in [-0.39, 0.29) is 24.1 Å². The summed E-state index contributed by atoms with van der Waals surface area (Å²) in [6.45, 7) is 4.07. The Labute approximate surface area is 171 Å². The standard InChI is InChI=1S/C21H26FN3O2.ClH/c1-21(23,15-16-6-4-3-5-7-16)20(26)25-12-10-24(11-13-25)18-14-17(22)8-9-19(18)27-2;/h3-9,14H,10-13,15,23H2,1-2H3;1H/t21-;/m1./s1. The van der Waals surface area contributed by atoms with E-state index in [4.69, 9.17) is 10.5 Å². The molecule has 0 aromatic heterocycles. The van der Waals surface area contributed by atoms with E-state index in [1.54, 1.807) is 25.0 Å². The van der Waals surface area contributed by atoms with Crippen molar-refractivity contribution in [1.82, 2.24) is 4.90 Å². The third-order valence-corrected chi connectivity index (χ3v) is 4.95. The third kappa shape index (κ3) is 4.94. The highest BCUT2D eigenvalue weighted by Crippen LogP contribution is 2.30. The Morgan fingerprint density at radius 3 is 2.39 bits per heavy atom. The number of methoxy groups -OCH3 is 1. The fraction of sp³-hybridized carbons (Fsp3) is 0.381. The second kappa shape index (κ2) is 9.26. The smallest absolute Gasteiger partial charge is 0.242 e. The van der Waals surface area contributed by atoms with E-state index in [2.05, 4.69) is 0 Å². The van der Waals surface area contributed by atoms with Crippen LogP contribution in [0.5, 0.6) is 5.75 Å². The van der Waals surface area contributed by atoms with Crippen molar-refractivity contribution >= 4 is 24.0 Å². The van der Waals surface area contributed by atoms with Gasteiger partial charge in [0.05, 0.1) is 18.3 Å². The predicted molar refractivity (Wildman–Crippen MR) is 112 cm³/mol. The first-order valence-electron chi connectivity index (χ1n) is 9.11. The molecule has 7 heteroatoms. The van der Waals surface area contributed by atoms with Crippen LogP contribution in [0.4, 0.5) is 10.1 Å². The number of hydrogen-bond acceptors (Lipinski definition) is 4. The van der Waals surface area contributed by atoms with Gasteiger partial charge in [0.25, 0.3) is 0 Å². The van der Waals surface area contributed by atoms with E-state index in [1.807, 2.05) is 35.2 Å². The lowest BCUT2D eigenvalue weighted by Crippen LogP contribution is -2.59. The lowest BCUT2D eigenvalue weighted by molar-refractivity contribution is -0.136. The van der Waals surface area contributed by atoms with Crippen LogP contribution in [0, 0.1) is 5.82 Å². The topological polar surface area (TPSA) is 58.8 Å². The molecule has 28 heavy (non-hydrogen) atoms. The van der Waals surface area contributed by atoms with Gasteiger partial charge in [-0.1, -0.05) is 30.3 Å². The summed E-state index contributed by atoms with van der Waals surface area (Å²) in [4.78, 5) is 16.8. The van der Waals surface area contributed by atoms with Gasteiger partial charge in [-0.3, -0.25) is 4.79 Å². The van der Waals surface area contributed by atoms with E-state index in [0.717, 1.165) is 5.56 Å². The van der Waals surface area contributed by atoms with Crippen LogP contribution in [0.15, 0.2) is 48.5 Å². The number of piperazine rings is 1. The zero-order valence-electron chi connectivity index (χ0n) is 16.2. The molecular formula is C21H27ClFN3O2. The van der Waals surface area contributed by atoms with Gasteiger partial charge in [0.2, 0.25) is 5.91 Å². The number of halogens is 2. The monoisotopic (exact) mass is 407 g/mol. The number of carbonyl (C=O) groups excluding carboxylic acids is 1. The van der Waals surface area contributed by atoms with Gasteiger partial charge in [0.15, 0.2) is 0 Å². The molecule has 152 valence electrons. The SMILES string of the molecule is COc1ccc(F)cc1N1CCN(C(=O)[C@](C)(N)Cc2ccccc2)CC1.Cl. The van der Waals surface area contributed by atoms with Crippen LogP contribution in [0.1, 0.15) is 12.5 Å². The minimum Gasteiger partial charge on any atom is -0.495 e. The van der Waals surface area contributed by atoms with Crippen LogP contribution in [0.25, 0.3) is 0 Å². The Hall–Kier alpha value is -2.31. The summed E-state index contributed by atoms with van der Waals surface area (Å²) >= 11 is 0. The van der Waals surface area contributed by atoms with E-state index in [0.29, 0.717) is 44.0 Å². The number of carbonyl (C=O) groups is 1. The predicted octanol–water partition coefficient (Wildman–Crippen LogP) is 2.86. The van der Waals surface area contributed by atoms with Crippen LogP contribution in [0.3, 0.4) is 0 Å². The summed E-state index contributed by atoms with van der Waals surface area (Å²) in [6, 6.07) is 14.3. The molecule has 0 aliphatic carbocycles. The molecule has 3 rings (SSSR count). The normalized spacial score (nSPS) is 16.1. The number of amides is 1. The lowest BCUT2D eigenvalue weighted by atomic mass is 9.92. The highest BCUT2D eigenvalue weighted by atomic mass is 35.5. The molecule has 0 bridgehead atoms. The fourth-order valence-electron chi connectivity index (χ4n) is 3.52. The summed E-state index contributed by atoms with van der Waals surface area (Å²) in [7, 11) is 1.57. The number of ether oxygens (including phenoxy) is 1. The van der Waals surface area contributed by atoms with Crippen molar-refractivity contribution in [3.8, 4) is 5.75 Å². The van der Waals surface area contributed by atoms with E-state index in [1.165, 1.54) is 12.1 Å². The number of anilines is 1. The second-order valence-electron chi connectivity index (χ2n) is 7.18. The van der Waals surface area contributed by atoms with Gasteiger partial charge >= 0.3 is 0 Å². The molecule has 1 aliphatic heterocycles. The van der Waals surface area contributed by atoms with Crippen LogP contribution < -0.4 is 15.4 Å². The number of rotatable bonds is 5. The molecule has 1 heterocycles. The highest BCUT2D eigenvalue weighted by molar-refractivity contribution is 5.86.